The van der Waals surface area contributed by atoms with Crippen LogP contribution in [0.1, 0.15) is 31.2 Å². The van der Waals surface area contributed by atoms with Crippen molar-refractivity contribution in [2.24, 2.45) is 5.92 Å². The number of nitrogens with zero attached hydrogens (tertiary/aromatic N) is 1. The Kier molecular flexibility index (Phi) is 5.39. The van der Waals surface area contributed by atoms with Gasteiger partial charge in [0, 0.05) is 25.3 Å². The van der Waals surface area contributed by atoms with E-state index in [0.29, 0.717) is 25.9 Å². The predicted octanol–water partition coefficient (Wildman–Crippen LogP) is 2.35. The molecule has 7 heteroatoms. The largest absolute Gasteiger partial charge is 0.342 e. The molecule has 0 N–H and O–H groups in total. The maximum Gasteiger partial charge on any atom is 0.226 e. The zero-order valence-electron chi connectivity index (χ0n) is 13.3. The highest BCUT2D eigenvalue weighted by Crippen LogP contribution is 2.29. The SMILES string of the molecule is C[C@H](CS(C)(=O)=O)C(=O)N1CCC(c2ccc(F)c(F)c2)CC1. The highest BCUT2D eigenvalue weighted by atomic mass is 32.2. The van der Waals surface area contributed by atoms with E-state index >= 15 is 0 Å². The standard InChI is InChI=1S/C16H21F2NO3S/c1-11(10-23(2,21)22)16(20)19-7-5-12(6-8-19)13-3-4-14(17)15(18)9-13/h3-4,9,11-12H,5-8,10H2,1-2H3/t11-/m1/s1. The van der Waals surface area contributed by atoms with E-state index in [9.17, 15) is 22.0 Å². The van der Waals surface area contributed by atoms with E-state index in [1.54, 1.807) is 17.9 Å². The summed E-state index contributed by atoms with van der Waals surface area (Å²) in [5, 5.41) is 0. The van der Waals surface area contributed by atoms with Crippen molar-refractivity contribution in [2.75, 3.05) is 25.1 Å². The minimum absolute atomic E-state index is 0.0827. The average Bonchev–Trinajstić information content (AvgIpc) is 2.48. The number of halogens is 2. The first-order valence-corrected chi connectivity index (χ1v) is 9.65. The number of carbonyl (C=O) groups excluding carboxylic acids is 1. The molecular weight excluding hydrogens is 324 g/mol. The second-order valence-corrected chi connectivity index (χ2v) is 8.45. The Labute approximate surface area is 135 Å². The van der Waals surface area contributed by atoms with Crippen molar-refractivity contribution >= 4 is 15.7 Å². The number of amides is 1. The van der Waals surface area contributed by atoms with E-state index in [0.717, 1.165) is 17.9 Å². The fraction of sp³-hybridized carbons (Fsp3) is 0.562. The van der Waals surface area contributed by atoms with Gasteiger partial charge in [0.25, 0.3) is 0 Å². The zero-order valence-corrected chi connectivity index (χ0v) is 14.1. The van der Waals surface area contributed by atoms with Crippen LogP contribution in [0.5, 0.6) is 0 Å². The van der Waals surface area contributed by atoms with Crippen molar-refractivity contribution in [1.82, 2.24) is 4.90 Å². The third-order valence-electron chi connectivity index (χ3n) is 4.20. The summed E-state index contributed by atoms with van der Waals surface area (Å²) in [5.41, 5.74) is 0.736. The van der Waals surface area contributed by atoms with Crippen molar-refractivity contribution in [1.29, 1.82) is 0 Å². The molecule has 4 nitrogen and oxygen atoms in total. The third kappa shape index (κ3) is 4.73. The summed E-state index contributed by atoms with van der Waals surface area (Å²) in [6, 6.07) is 3.91. The summed E-state index contributed by atoms with van der Waals surface area (Å²) >= 11 is 0. The lowest BCUT2D eigenvalue weighted by Crippen LogP contribution is -2.42. The van der Waals surface area contributed by atoms with Crippen molar-refractivity contribution in [3.8, 4) is 0 Å². The molecule has 1 fully saturated rings. The van der Waals surface area contributed by atoms with Crippen LogP contribution in [0.3, 0.4) is 0 Å². The van der Waals surface area contributed by atoms with Crippen molar-refractivity contribution in [3.05, 3.63) is 35.4 Å². The van der Waals surface area contributed by atoms with Crippen LogP contribution < -0.4 is 0 Å². The lowest BCUT2D eigenvalue weighted by Gasteiger charge is -2.33. The van der Waals surface area contributed by atoms with Gasteiger partial charge in [-0.2, -0.15) is 0 Å². The van der Waals surface area contributed by atoms with Gasteiger partial charge in [-0.25, -0.2) is 17.2 Å². The highest BCUT2D eigenvalue weighted by molar-refractivity contribution is 7.90. The minimum Gasteiger partial charge on any atom is -0.342 e. The fourth-order valence-corrected chi connectivity index (χ4v) is 4.09. The number of rotatable bonds is 4. The Balaban J connectivity index is 1.95. The molecule has 1 aliphatic heterocycles. The first kappa shape index (κ1) is 17.8. The molecule has 0 aliphatic carbocycles. The number of sulfone groups is 1. The second-order valence-electron chi connectivity index (χ2n) is 6.27. The van der Waals surface area contributed by atoms with Crippen LogP contribution in [-0.4, -0.2) is 44.3 Å². The summed E-state index contributed by atoms with van der Waals surface area (Å²) in [6.07, 6.45) is 2.43. The van der Waals surface area contributed by atoms with Crippen LogP contribution >= 0.6 is 0 Å². The lowest BCUT2D eigenvalue weighted by molar-refractivity contribution is -0.135. The topological polar surface area (TPSA) is 54.5 Å². The molecule has 1 aromatic rings. The number of carbonyl (C=O) groups is 1. The zero-order chi connectivity index (χ0) is 17.2. The van der Waals surface area contributed by atoms with Gasteiger partial charge >= 0.3 is 0 Å². The second kappa shape index (κ2) is 6.95. The van der Waals surface area contributed by atoms with Gasteiger partial charge in [-0.15, -0.1) is 0 Å². The van der Waals surface area contributed by atoms with Crippen LogP contribution in [0, 0.1) is 17.6 Å². The molecule has 128 valence electrons. The number of hydrogen-bond acceptors (Lipinski definition) is 3. The van der Waals surface area contributed by atoms with Crippen molar-refractivity contribution < 1.29 is 22.0 Å². The predicted molar refractivity (Wildman–Crippen MR) is 83.8 cm³/mol. The fourth-order valence-electron chi connectivity index (χ4n) is 3.04. The van der Waals surface area contributed by atoms with Crippen molar-refractivity contribution in [2.45, 2.75) is 25.7 Å². The number of benzene rings is 1. The van der Waals surface area contributed by atoms with Gasteiger partial charge in [0.2, 0.25) is 5.91 Å². The average molecular weight is 345 g/mol. The van der Waals surface area contributed by atoms with Crippen LogP contribution in [0.25, 0.3) is 0 Å². The van der Waals surface area contributed by atoms with E-state index in [1.807, 2.05) is 0 Å². The van der Waals surface area contributed by atoms with Gasteiger partial charge in [0.1, 0.15) is 9.84 Å². The molecule has 0 radical (unpaired) electrons. The molecule has 1 atom stereocenters. The molecule has 0 unspecified atom stereocenters. The maximum absolute atomic E-state index is 13.3. The molecule has 1 amide bonds. The van der Waals surface area contributed by atoms with Gasteiger partial charge < -0.3 is 4.90 Å². The number of hydrogen-bond donors (Lipinski definition) is 0. The van der Waals surface area contributed by atoms with Crippen LogP contribution in [-0.2, 0) is 14.6 Å². The van der Waals surface area contributed by atoms with Gasteiger partial charge in [0.05, 0.1) is 5.75 Å². The first-order chi connectivity index (χ1) is 10.7. The summed E-state index contributed by atoms with van der Waals surface area (Å²) in [5.74, 6) is -2.53. The molecule has 1 heterocycles. The summed E-state index contributed by atoms with van der Waals surface area (Å²) in [6.45, 7) is 2.61. The maximum atomic E-state index is 13.3. The highest BCUT2D eigenvalue weighted by Gasteiger charge is 2.28. The Morgan fingerprint density at radius 2 is 1.87 bits per heavy atom. The molecule has 0 bridgehead atoms. The monoisotopic (exact) mass is 345 g/mol. The van der Waals surface area contributed by atoms with Crippen LogP contribution in [0.15, 0.2) is 18.2 Å². The Bertz CT molecular complexity index is 683. The summed E-state index contributed by atoms with van der Waals surface area (Å²) < 4.78 is 48.9. The van der Waals surface area contributed by atoms with Gasteiger partial charge in [-0.05, 0) is 36.5 Å². The van der Waals surface area contributed by atoms with Gasteiger partial charge in [0.15, 0.2) is 11.6 Å². The van der Waals surface area contributed by atoms with Crippen LogP contribution in [0.2, 0.25) is 0 Å². The Morgan fingerprint density at radius 3 is 2.39 bits per heavy atom. The number of likely N-dealkylation sites (tertiary alicyclic amines) is 1. The van der Waals surface area contributed by atoms with Gasteiger partial charge in [-0.3, -0.25) is 4.79 Å². The van der Waals surface area contributed by atoms with E-state index in [-0.39, 0.29) is 17.6 Å². The third-order valence-corrected chi connectivity index (χ3v) is 5.30. The smallest absolute Gasteiger partial charge is 0.226 e. The molecular formula is C16H21F2NO3S. The molecule has 0 spiro atoms. The molecule has 23 heavy (non-hydrogen) atoms. The molecule has 1 aliphatic rings. The van der Waals surface area contributed by atoms with E-state index in [4.69, 9.17) is 0 Å². The lowest BCUT2D eigenvalue weighted by atomic mass is 9.89. The molecule has 0 saturated carbocycles. The Hall–Kier alpha value is -1.50. The minimum atomic E-state index is -3.19. The Morgan fingerprint density at radius 1 is 1.26 bits per heavy atom. The quantitative estimate of drug-likeness (QED) is 0.842. The summed E-state index contributed by atoms with van der Waals surface area (Å²) in [4.78, 5) is 13.9. The molecule has 2 rings (SSSR count). The van der Waals surface area contributed by atoms with Gasteiger partial charge in [-0.1, -0.05) is 13.0 Å². The first-order valence-electron chi connectivity index (χ1n) is 7.59. The summed E-state index contributed by atoms with van der Waals surface area (Å²) in [7, 11) is -3.19. The molecule has 0 aromatic heterocycles. The van der Waals surface area contributed by atoms with E-state index in [1.165, 1.54) is 6.07 Å². The van der Waals surface area contributed by atoms with E-state index in [2.05, 4.69) is 0 Å². The number of piperidine rings is 1. The van der Waals surface area contributed by atoms with Crippen molar-refractivity contribution in [3.63, 3.8) is 0 Å². The normalized spacial score (nSPS) is 18.0. The van der Waals surface area contributed by atoms with Crippen LogP contribution in [0.4, 0.5) is 8.78 Å². The molecule has 1 aromatic carbocycles. The molecule has 1 saturated heterocycles. The van der Waals surface area contributed by atoms with E-state index < -0.39 is 27.4 Å².